The van der Waals surface area contributed by atoms with Crippen molar-refractivity contribution in [3.63, 3.8) is 0 Å². The van der Waals surface area contributed by atoms with E-state index < -0.39 is 16.0 Å². The van der Waals surface area contributed by atoms with Gasteiger partial charge in [-0.25, -0.2) is 13.2 Å². The van der Waals surface area contributed by atoms with Crippen LogP contribution in [-0.4, -0.2) is 50.1 Å². The van der Waals surface area contributed by atoms with Crippen LogP contribution in [0.1, 0.15) is 45.4 Å². The summed E-state index contributed by atoms with van der Waals surface area (Å²) >= 11 is 0. The lowest BCUT2D eigenvalue weighted by atomic mass is 9.76. The molecule has 2 aromatic carbocycles. The van der Waals surface area contributed by atoms with E-state index in [1.165, 1.54) is 4.31 Å². The van der Waals surface area contributed by atoms with Crippen LogP contribution in [0.3, 0.4) is 0 Å². The van der Waals surface area contributed by atoms with Crippen molar-refractivity contribution in [3.8, 4) is 0 Å². The third-order valence-electron chi connectivity index (χ3n) is 6.87. The molecular formula is C24H26N2O5S. The summed E-state index contributed by atoms with van der Waals surface area (Å²) in [6, 6.07) is 10.7. The molecule has 1 aliphatic carbocycles. The topological polar surface area (TPSA) is 95.9 Å². The van der Waals surface area contributed by atoms with Gasteiger partial charge in [0.05, 0.1) is 29.7 Å². The van der Waals surface area contributed by atoms with E-state index >= 15 is 0 Å². The van der Waals surface area contributed by atoms with Gasteiger partial charge < -0.3 is 15.2 Å². The number of fused-ring (bicyclic) bond motifs is 3. The highest BCUT2D eigenvalue weighted by Gasteiger charge is 2.39. The third kappa shape index (κ3) is 3.43. The summed E-state index contributed by atoms with van der Waals surface area (Å²) < 4.78 is 32.7. The van der Waals surface area contributed by atoms with E-state index in [2.05, 4.69) is 17.5 Å². The summed E-state index contributed by atoms with van der Waals surface area (Å²) in [5.74, 6) is -0.445. The van der Waals surface area contributed by atoms with Crippen LogP contribution < -0.4 is 5.32 Å². The Morgan fingerprint density at radius 3 is 2.53 bits per heavy atom. The first kappa shape index (κ1) is 21.2. The van der Waals surface area contributed by atoms with Crippen molar-refractivity contribution in [2.75, 3.05) is 31.6 Å². The molecule has 0 amide bonds. The summed E-state index contributed by atoms with van der Waals surface area (Å²) in [5, 5.41) is 13.1. The Morgan fingerprint density at radius 2 is 1.84 bits per heavy atom. The number of allylic oxidation sites excluding steroid dienone is 2. The fourth-order valence-electron chi connectivity index (χ4n) is 5.16. The standard InChI is InChI=1S/C24H26N2O5S/c1-15-18(24(27)28)9-10-21-19-3-2-4-20(19)23(25-22(15)21)16-5-7-17(8-6-16)32(29,30)26-11-13-31-14-12-26/h2-3,5-10,19-20,23,25H,4,11-14H2,1H3,(H,27,28)/t19-,20+,23-/m0/s1. The van der Waals surface area contributed by atoms with Crippen LogP contribution in [0.25, 0.3) is 0 Å². The van der Waals surface area contributed by atoms with Gasteiger partial charge in [0.2, 0.25) is 10.0 Å². The van der Waals surface area contributed by atoms with Gasteiger partial charge >= 0.3 is 5.97 Å². The molecule has 0 bridgehead atoms. The van der Waals surface area contributed by atoms with Crippen molar-refractivity contribution >= 4 is 21.7 Å². The van der Waals surface area contributed by atoms with Gasteiger partial charge in [-0.3, -0.25) is 0 Å². The van der Waals surface area contributed by atoms with E-state index in [0.717, 1.165) is 28.8 Å². The molecule has 1 saturated heterocycles. The molecule has 2 heterocycles. The normalized spacial score (nSPS) is 25.1. The SMILES string of the molecule is Cc1c(C(=O)O)ccc2c1N[C@@H](c1ccc(S(=O)(=O)N3CCOCC3)cc1)[C@@H]1CC=C[C@H]21. The molecule has 168 valence electrons. The second-order valence-corrected chi connectivity index (χ2v) is 10.5. The number of ether oxygens (including phenoxy) is 1. The highest BCUT2D eigenvalue weighted by Crippen LogP contribution is 2.51. The van der Waals surface area contributed by atoms with Crippen LogP contribution in [0.15, 0.2) is 53.4 Å². The number of aromatic carboxylic acids is 1. The molecule has 2 N–H and O–H groups in total. The quantitative estimate of drug-likeness (QED) is 0.686. The number of benzene rings is 2. The number of nitrogens with one attached hydrogen (secondary N) is 1. The monoisotopic (exact) mass is 454 g/mol. The minimum Gasteiger partial charge on any atom is -0.478 e. The second-order valence-electron chi connectivity index (χ2n) is 8.57. The number of anilines is 1. The minimum absolute atomic E-state index is 0.0367. The van der Waals surface area contributed by atoms with Crippen molar-refractivity contribution < 1.29 is 23.1 Å². The summed E-state index contributed by atoms with van der Waals surface area (Å²) in [5.41, 5.74) is 4.00. The average molecular weight is 455 g/mol. The van der Waals surface area contributed by atoms with Gasteiger partial charge in [-0.15, -0.1) is 0 Å². The fraction of sp³-hybridized carbons (Fsp3) is 0.375. The van der Waals surface area contributed by atoms with Crippen LogP contribution >= 0.6 is 0 Å². The number of nitrogens with zero attached hydrogens (tertiary/aromatic N) is 1. The average Bonchev–Trinajstić information content (AvgIpc) is 3.30. The summed E-state index contributed by atoms with van der Waals surface area (Å²) in [7, 11) is -3.54. The summed E-state index contributed by atoms with van der Waals surface area (Å²) in [6.07, 6.45) is 5.29. The Morgan fingerprint density at radius 1 is 1.12 bits per heavy atom. The molecule has 3 atom stereocenters. The molecule has 5 rings (SSSR count). The minimum atomic E-state index is -3.54. The molecule has 8 heteroatoms. The van der Waals surface area contributed by atoms with E-state index in [1.807, 2.05) is 25.1 Å². The van der Waals surface area contributed by atoms with Crippen LogP contribution in [-0.2, 0) is 14.8 Å². The van der Waals surface area contributed by atoms with Crippen LogP contribution in [0.5, 0.6) is 0 Å². The molecule has 7 nitrogen and oxygen atoms in total. The number of carboxylic acid groups (broad SMARTS) is 1. The van der Waals surface area contributed by atoms with Gasteiger partial charge in [-0.2, -0.15) is 4.31 Å². The number of hydrogen-bond acceptors (Lipinski definition) is 5. The fourth-order valence-corrected chi connectivity index (χ4v) is 6.57. The van der Waals surface area contributed by atoms with E-state index in [9.17, 15) is 18.3 Å². The molecule has 2 aromatic rings. The molecule has 1 fully saturated rings. The Labute approximate surface area is 187 Å². The van der Waals surface area contributed by atoms with Crippen LogP contribution in [0.4, 0.5) is 5.69 Å². The number of hydrogen-bond donors (Lipinski definition) is 2. The zero-order chi connectivity index (χ0) is 22.5. The lowest BCUT2D eigenvalue weighted by Gasteiger charge is -2.38. The number of morpholine rings is 1. The lowest BCUT2D eigenvalue weighted by Crippen LogP contribution is -2.40. The highest BCUT2D eigenvalue weighted by molar-refractivity contribution is 7.89. The largest absolute Gasteiger partial charge is 0.478 e. The van der Waals surface area contributed by atoms with Crippen LogP contribution in [0.2, 0.25) is 0 Å². The zero-order valence-electron chi connectivity index (χ0n) is 17.8. The lowest BCUT2D eigenvalue weighted by molar-refractivity contribution is 0.0696. The maximum atomic E-state index is 13.0. The van der Waals surface area contributed by atoms with Crippen molar-refractivity contribution in [1.29, 1.82) is 0 Å². The first-order valence-electron chi connectivity index (χ1n) is 10.9. The van der Waals surface area contributed by atoms with Gasteiger partial charge in [-0.05, 0) is 54.2 Å². The second kappa shape index (κ2) is 8.03. The molecule has 32 heavy (non-hydrogen) atoms. The first-order chi connectivity index (χ1) is 15.4. The predicted octanol–water partition coefficient (Wildman–Crippen LogP) is 3.54. The summed E-state index contributed by atoms with van der Waals surface area (Å²) in [6.45, 7) is 3.40. The predicted molar refractivity (Wildman–Crippen MR) is 121 cm³/mol. The van der Waals surface area contributed by atoms with Gasteiger partial charge in [0, 0.05) is 24.7 Å². The summed E-state index contributed by atoms with van der Waals surface area (Å²) in [4.78, 5) is 11.9. The van der Waals surface area contributed by atoms with Gasteiger partial charge in [-0.1, -0.05) is 30.4 Å². The molecule has 0 aromatic heterocycles. The van der Waals surface area contributed by atoms with Crippen molar-refractivity contribution in [2.45, 2.75) is 30.2 Å². The first-order valence-corrected chi connectivity index (χ1v) is 12.3. The van der Waals surface area contributed by atoms with Gasteiger partial charge in [0.15, 0.2) is 0 Å². The molecule has 0 radical (unpaired) electrons. The van der Waals surface area contributed by atoms with Gasteiger partial charge in [0.1, 0.15) is 0 Å². The van der Waals surface area contributed by atoms with Gasteiger partial charge in [0.25, 0.3) is 0 Å². The number of carbonyl (C=O) groups is 1. The Kier molecular flexibility index (Phi) is 5.31. The number of rotatable bonds is 4. The molecule has 0 spiro atoms. The van der Waals surface area contributed by atoms with E-state index in [4.69, 9.17) is 4.74 Å². The highest BCUT2D eigenvalue weighted by atomic mass is 32.2. The molecule has 3 aliphatic rings. The number of sulfonamides is 1. The van der Waals surface area contributed by atoms with Crippen molar-refractivity contribution in [1.82, 2.24) is 4.31 Å². The molecular weight excluding hydrogens is 428 g/mol. The molecule has 0 unspecified atom stereocenters. The maximum Gasteiger partial charge on any atom is 0.336 e. The Hall–Kier alpha value is -2.68. The van der Waals surface area contributed by atoms with Crippen molar-refractivity contribution in [2.24, 2.45) is 5.92 Å². The zero-order valence-corrected chi connectivity index (χ0v) is 18.6. The maximum absolute atomic E-state index is 13.0. The van der Waals surface area contributed by atoms with E-state index in [-0.39, 0.29) is 16.9 Å². The van der Waals surface area contributed by atoms with Crippen LogP contribution in [0, 0.1) is 12.8 Å². The van der Waals surface area contributed by atoms with E-state index in [0.29, 0.717) is 37.8 Å². The third-order valence-corrected chi connectivity index (χ3v) is 8.79. The number of carboxylic acids is 1. The Bertz CT molecular complexity index is 1180. The van der Waals surface area contributed by atoms with Crippen molar-refractivity contribution in [3.05, 3.63) is 70.8 Å². The molecule has 2 aliphatic heterocycles. The molecule has 0 saturated carbocycles. The van der Waals surface area contributed by atoms with E-state index in [1.54, 1.807) is 18.2 Å². The Balaban J connectivity index is 1.48. The smallest absolute Gasteiger partial charge is 0.336 e.